The Hall–Kier alpha value is -2.82. The van der Waals surface area contributed by atoms with Crippen molar-refractivity contribution in [3.8, 4) is 0 Å². The Balaban J connectivity index is 2.16. The van der Waals surface area contributed by atoms with Gasteiger partial charge in [-0.2, -0.15) is 0 Å². The number of amides is 2. The summed E-state index contributed by atoms with van der Waals surface area (Å²) in [7, 11) is 0. The maximum atomic E-state index is 12.4. The van der Waals surface area contributed by atoms with Crippen LogP contribution in [-0.4, -0.2) is 75.5 Å². The molecule has 0 aromatic rings. The molecule has 0 spiro atoms. The van der Waals surface area contributed by atoms with Gasteiger partial charge < -0.3 is 35.8 Å². The summed E-state index contributed by atoms with van der Waals surface area (Å²) in [6, 6.07) is -2.23. The van der Waals surface area contributed by atoms with Crippen molar-refractivity contribution in [1.29, 1.82) is 0 Å². The maximum absolute atomic E-state index is 12.4. The fourth-order valence-electron chi connectivity index (χ4n) is 3.78. The van der Waals surface area contributed by atoms with Gasteiger partial charge in [-0.1, -0.05) is 79.8 Å². The van der Waals surface area contributed by atoms with Crippen LogP contribution in [0.1, 0.15) is 65.2 Å². The van der Waals surface area contributed by atoms with Crippen LogP contribution in [0.5, 0.6) is 0 Å². The smallest absolute Gasteiger partial charge is 0.242 e. The van der Waals surface area contributed by atoms with Gasteiger partial charge in [-0.3, -0.25) is 9.59 Å². The molecule has 1 heterocycles. The molecular weight excluding hydrogens is 512 g/mol. The number of aliphatic hydroxyl groups excluding tert-OH is 4. The monoisotopic (exact) mass is 560 g/mol. The van der Waals surface area contributed by atoms with Gasteiger partial charge in [0.2, 0.25) is 11.8 Å². The van der Waals surface area contributed by atoms with Crippen molar-refractivity contribution in [3.05, 3.63) is 72.9 Å². The molecule has 1 aliphatic rings. The quantitative estimate of drug-likeness (QED) is 0.141. The van der Waals surface area contributed by atoms with Crippen molar-refractivity contribution < 1.29 is 34.8 Å². The van der Waals surface area contributed by atoms with E-state index in [0.717, 1.165) is 38.5 Å². The highest BCUT2D eigenvalue weighted by Gasteiger charge is 2.44. The number of rotatable bonds is 18. The Labute approximate surface area is 238 Å². The lowest BCUT2D eigenvalue weighted by Gasteiger charge is -2.40. The molecule has 1 rings (SSSR count). The molecule has 0 aliphatic carbocycles. The van der Waals surface area contributed by atoms with Crippen LogP contribution in [0.25, 0.3) is 0 Å². The van der Waals surface area contributed by atoms with Crippen LogP contribution in [-0.2, 0) is 14.3 Å². The molecule has 0 saturated carbocycles. The van der Waals surface area contributed by atoms with Crippen molar-refractivity contribution in [3.63, 3.8) is 0 Å². The number of ether oxygens (including phenoxy) is 1. The Morgan fingerprint density at radius 3 is 1.73 bits per heavy atom. The largest absolute Gasteiger partial charge is 0.394 e. The van der Waals surface area contributed by atoms with Gasteiger partial charge in [0.1, 0.15) is 30.4 Å². The van der Waals surface area contributed by atoms with E-state index in [1.165, 1.54) is 6.92 Å². The van der Waals surface area contributed by atoms with E-state index in [0.29, 0.717) is 6.42 Å². The van der Waals surface area contributed by atoms with Crippen LogP contribution in [0.4, 0.5) is 0 Å². The summed E-state index contributed by atoms with van der Waals surface area (Å²) in [6.45, 7) is 3.01. The highest BCUT2D eigenvalue weighted by Crippen LogP contribution is 2.19. The third kappa shape index (κ3) is 15.1. The van der Waals surface area contributed by atoms with Crippen molar-refractivity contribution >= 4 is 11.8 Å². The molecular formula is C31H48N2O7. The van der Waals surface area contributed by atoms with E-state index >= 15 is 0 Å². The molecule has 0 aromatic heterocycles. The minimum atomic E-state index is -1.62. The van der Waals surface area contributed by atoms with Gasteiger partial charge in [0.25, 0.3) is 0 Å². The van der Waals surface area contributed by atoms with Gasteiger partial charge in [0, 0.05) is 6.42 Å². The standard InChI is InChI=1S/C31H48N2O7/c1-3-4-5-6-7-8-9-10-11-12-13-14-15-16-17-18-19-20-21-22-26(35)32-24(2)30(38)33-27-29(37)28(36)25(23-34)40-31(27)39/h4-5,7-8,10-11,13-14,16-17,19-20,24-25,27-29,31,34,36-37,39H,3,6,9,12,15,18,21-23H2,1-2H3,(H,32,35)(H,33,38)/b5-4-,8-7-,11-10-,14-13-,17-16-,20-19-/t24-,25?,27?,28?,29?,31?/m0/s1. The molecule has 40 heavy (non-hydrogen) atoms. The van der Waals surface area contributed by atoms with Gasteiger partial charge in [-0.25, -0.2) is 0 Å². The van der Waals surface area contributed by atoms with E-state index in [2.05, 4.69) is 78.3 Å². The van der Waals surface area contributed by atoms with Gasteiger partial charge >= 0.3 is 0 Å². The molecule has 1 aliphatic heterocycles. The van der Waals surface area contributed by atoms with E-state index in [4.69, 9.17) is 9.84 Å². The molecule has 9 heteroatoms. The van der Waals surface area contributed by atoms with Crippen LogP contribution < -0.4 is 10.6 Å². The lowest BCUT2D eigenvalue weighted by atomic mass is 9.97. The van der Waals surface area contributed by atoms with Crippen molar-refractivity contribution in [1.82, 2.24) is 10.6 Å². The van der Waals surface area contributed by atoms with Crippen molar-refractivity contribution in [2.45, 2.75) is 102 Å². The Bertz CT molecular complexity index is 894. The Morgan fingerprint density at radius 1 is 0.775 bits per heavy atom. The molecule has 0 bridgehead atoms. The molecule has 6 atom stereocenters. The van der Waals surface area contributed by atoms with E-state index in [-0.39, 0.29) is 12.3 Å². The summed E-state index contributed by atoms with van der Waals surface area (Å²) in [4.78, 5) is 24.5. The molecule has 1 fully saturated rings. The topological polar surface area (TPSA) is 148 Å². The second kappa shape index (κ2) is 21.9. The minimum Gasteiger partial charge on any atom is -0.394 e. The zero-order valence-electron chi connectivity index (χ0n) is 23.8. The van der Waals surface area contributed by atoms with Crippen LogP contribution >= 0.6 is 0 Å². The first-order valence-corrected chi connectivity index (χ1v) is 14.1. The number of nitrogens with one attached hydrogen (secondary N) is 2. The van der Waals surface area contributed by atoms with Crippen LogP contribution in [0, 0.1) is 0 Å². The second-order valence-corrected chi connectivity index (χ2v) is 9.51. The van der Waals surface area contributed by atoms with Crippen LogP contribution in [0.3, 0.4) is 0 Å². The summed E-state index contributed by atoms with van der Waals surface area (Å²) < 4.78 is 5.01. The van der Waals surface area contributed by atoms with Gasteiger partial charge in [-0.05, 0) is 51.9 Å². The summed E-state index contributed by atoms with van der Waals surface area (Å²) in [5.41, 5.74) is 0. The van der Waals surface area contributed by atoms with Gasteiger partial charge in [0.05, 0.1) is 6.61 Å². The zero-order chi connectivity index (χ0) is 29.6. The van der Waals surface area contributed by atoms with Crippen molar-refractivity contribution in [2.75, 3.05) is 6.61 Å². The van der Waals surface area contributed by atoms with E-state index in [1.54, 1.807) is 0 Å². The lowest BCUT2D eigenvalue weighted by molar-refractivity contribution is -0.253. The van der Waals surface area contributed by atoms with Crippen LogP contribution in [0.15, 0.2) is 72.9 Å². The molecule has 0 aromatic carbocycles. The Morgan fingerprint density at radius 2 is 1.25 bits per heavy atom. The predicted molar refractivity (Wildman–Crippen MR) is 157 cm³/mol. The maximum Gasteiger partial charge on any atom is 0.242 e. The summed E-state index contributed by atoms with van der Waals surface area (Å²) >= 11 is 0. The highest BCUT2D eigenvalue weighted by atomic mass is 16.6. The average Bonchev–Trinajstić information content (AvgIpc) is 2.94. The third-order valence-corrected chi connectivity index (χ3v) is 6.11. The molecule has 9 nitrogen and oxygen atoms in total. The molecule has 5 unspecified atom stereocenters. The highest BCUT2D eigenvalue weighted by molar-refractivity contribution is 5.87. The summed E-state index contributed by atoms with van der Waals surface area (Å²) in [5.74, 6) is -0.966. The van der Waals surface area contributed by atoms with Crippen molar-refractivity contribution in [2.24, 2.45) is 0 Å². The number of carbonyl (C=O) groups is 2. The normalized spacial score (nSPS) is 24.8. The molecule has 0 radical (unpaired) electrons. The number of aliphatic hydroxyl groups is 4. The van der Waals surface area contributed by atoms with Gasteiger partial charge in [-0.15, -0.1) is 0 Å². The fourth-order valence-corrected chi connectivity index (χ4v) is 3.78. The van der Waals surface area contributed by atoms with E-state index in [9.17, 15) is 24.9 Å². The SMILES string of the molecule is CC/C=C\C/C=C\C/C=C\C/C=C\C/C=C\C/C=C\CCC(=O)N[C@@H](C)C(=O)NC1C(O)OC(CO)C(O)C1O. The minimum absolute atomic E-state index is 0.203. The second-order valence-electron chi connectivity index (χ2n) is 9.51. The predicted octanol–water partition coefficient (Wildman–Crippen LogP) is 2.89. The molecule has 1 saturated heterocycles. The van der Waals surface area contributed by atoms with E-state index in [1.807, 2.05) is 12.2 Å². The first-order chi connectivity index (χ1) is 19.3. The number of allylic oxidation sites excluding steroid dienone is 12. The first kappa shape index (κ1) is 35.2. The number of carbonyl (C=O) groups excluding carboxylic acids is 2. The Kier molecular flexibility index (Phi) is 19.3. The van der Waals surface area contributed by atoms with E-state index < -0.39 is 49.2 Å². The number of hydrogen-bond acceptors (Lipinski definition) is 7. The fraction of sp³-hybridized carbons (Fsp3) is 0.548. The van der Waals surface area contributed by atoms with Gasteiger partial charge in [0.15, 0.2) is 6.29 Å². The summed E-state index contributed by atoms with van der Waals surface area (Å²) in [6.07, 6.45) is 25.9. The third-order valence-electron chi connectivity index (χ3n) is 6.11. The molecule has 224 valence electrons. The molecule has 2 amide bonds. The molecule has 6 N–H and O–H groups in total. The summed E-state index contributed by atoms with van der Waals surface area (Å²) in [5, 5.41) is 44.1. The number of hydrogen-bond donors (Lipinski definition) is 6. The lowest BCUT2D eigenvalue weighted by Crippen LogP contribution is -2.65. The van der Waals surface area contributed by atoms with Crippen LogP contribution in [0.2, 0.25) is 0 Å². The first-order valence-electron chi connectivity index (χ1n) is 14.1. The average molecular weight is 561 g/mol. The zero-order valence-corrected chi connectivity index (χ0v) is 23.8.